The van der Waals surface area contributed by atoms with E-state index >= 15 is 0 Å². The molecule has 1 saturated carbocycles. The van der Waals surface area contributed by atoms with Gasteiger partial charge in [0, 0.05) is 12.2 Å². The Balaban J connectivity index is 1.38. The van der Waals surface area contributed by atoms with Crippen molar-refractivity contribution >= 4 is 11.0 Å². The lowest BCUT2D eigenvalue weighted by molar-refractivity contribution is 0.220. The second-order valence-electron chi connectivity index (χ2n) is 7.35. The molecule has 5 rings (SSSR count). The zero-order valence-electron chi connectivity index (χ0n) is 15.7. The monoisotopic (exact) mass is 371 g/mol. The van der Waals surface area contributed by atoms with Gasteiger partial charge in [0.2, 0.25) is 5.88 Å². The van der Waals surface area contributed by atoms with Gasteiger partial charge in [-0.15, -0.1) is 0 Å². The Kier molecular flexibility index (Phi) is 4.20. The van der Waals surface area contributed by atoms with E-state index in [0.29, 0.717) is 11.9 Å². The minimum atomic E-state index is 0.502. The van der Waals surface area contributed by atoms with Crippen LogP contribution in [-0.2, 0) is 0 Å². The molecule has 2 heterocycles. The number of hydrogen-bond donors (Lipinski definition) is 0. The third-order valence-corrected chi connectivity index (χ3v) is 5.23. The molecule has 0 bridgehead atoms. The van der Waals surface area contributed by atoms with Crippen molar-refractivity contribution in [3.63, 3.8) is 0 Å². The van der Waals surface area contributed by atoms with Gasteiger partial charge in [0.25, 0.3) is 0 Å². The van der Waals surface area contributed by atoms with Crippen molar-refractivity contribution in [1.29, 1.82) is 0 Å². The van der Waals surface area contributed by atoms with Crippen LogP contribution in [0.5, 0.6) is 23.1 Å². The van der Waals surface area contributed by atoms with Crippen LogP contribution >= 0.6 is 0 Å². The summed E-state index contributed by atoms with van der Waals surface area (Å²) >= 11 is 0. The summed E-state index contributed by atoms with van der Waals surface area (Å²) in [7, 11) is 0. The molecule has 1 fully saturated rings. The van der Waals surface area contributed by atoms with Crippen LogP contribution in [0.4, 0.5) is 0 Å². The fourth-order valence-electron chi connectivity index (χ4n) is 3.74. The first-order valence-corrected chi connectivity index (χ1v) is 9.58. The summed E-state index contributed by atoms with van der Waals surface area (Å²) in [4.78, 5) is 8.79. The Morgan fingerprint density at radius 1 is 0.821 bits per heavy atom. The largest absolute Gasteiger partial charge is 0.457 e. The van der Waals surface area contributed by atoms with Crippen LogP contribution in [0.3, 0.4) is 0 Å². The predicted molar refractivity (Wildman–Crippen MR) is 108 cm³/mol. The van der Waals surface area contributed by atoms with E-state index in [4.69, 9.17) is 9.47 Å². The van der Waals surface area contributed by atoms with Crippen molar-refractivity contribution in [3.05, 3.63) is 73.2 Å². The van der Waals surface area contributed by atoms with Gasteiger partial charge in [-0.2, -0.15) is 4.98 Å². The van der Waals surface area contributed by atoms with Crippen molar-refractivity contribution in [3.8, 4) is 23.1 Å². The molecular formula is C23H21N3O2. The first-order valence-electron chi connectivity index (χ1n) is 9.58. The van der Waals surface area contributed by atoms with Crippen LogP contribution < -0.4 is 9.47 Å². The van der Waals surface area contributed by atoms with E-state index in [-0.39, 0.29) is 0 Å². The van der Waals surface area contributed by atoms with Crippen molar-refractivity contribution in [2.75, 3.05) is 0 Å². The van der Waals surface area contributed by atoms with Gasteiger partial charge in [-0.25, -0.2) is 4.98 Å². The Morgan fingerprint density at radius 2 is 1.50 bits per heavy atom. The second-order valence-corrected chi connectivity index (χ2v) is 7.35. The number of benzene rings is 2. The smallest absolute Gasteiger partial charge is 0.247 e. The first-order chi connectivity index (χ1) is 13.8. The maximum Gasteiger partial charge on any atom is 0.247 e. The maximum atomic E-state index is 6.11. The molecule has 5 heteroatoms. The lowest BCUT2D eigenvalue weighted by atomic mass is 9.82. The molecule has 0 atom stereocenters. The average Bonchev–Trinajstić information content (AvgIpc) is 3.13. The summed E-state index contributed by atoms with van der Waals surface area (Å²) in [5.74, 6) is 3.65. The summed E-state index contributed by atoms with van der Waals surface area (Å²) in [5.41, 5.74) is 1.87. The maximum absolute atomic E-state index is 6.11. The highest BCUT2D eigenvalue weighted by Gasteiger charge is 2.28. The highest BCUT2D eigenvalue weighted by molar-refractivity contribution is 5.81. The number of para-hydroxylation sites is 1. The van der Waals surface area contributed by atoms with E-state index in [1.165, 1.54) is 12.8 Å². The SMILES string of the molecule is CC1CC(n2ccc3ncnc(Oc4ccc(Oc5ccccc5)cc4)c32)C1. The molecule has 5 nitrogen and oxygen atoms in total. The fourth-order valence-corrected chi connectivity index (χ4v) is 3.74. The van der Waals surface area contributed by atoms with Crippen molar-refractivity contribution in [1.82, 2.24) is 14.5 Å². The number of hydrogen-bond acceptors (Lipinski definition) is 4. The quantitative estimate of drug-likeness (QED) is 0.432. The Morgan fingerprint density at radius 3 is 2.21 bits per heavy atom. The minimum Gasteiger partial charge on any atom is -0.457 e. The van der Waals surface area contributed by atoms with Crippen LogP contribution in [-0.4, -0.2) is 14.5 Å². The summed E-state index contributed by atoms with van der Waals surface area (Å²) in [6.07, 6.45) is 6.02. The fraction of sp³-hybridized carbons (Fsp3) is 0.217. The Labute approximate surface area is 163 Å². The normalized spacial score (nSPS) is 18.6. The van der Waals surface area contributed by atoms with Gasteiger partial charge in [0.05, 0.1) is 5.52 Å². The molecule has 0 saturated heterocycles. The third-order valence-electron chi connectivity index (χ3n) is 5.23. The summed E-state index contributed by atoms with van der Waals surface area (Å²) < 4.78 is 14.2. The van der Waals surface area contributed by atoms with E-state index in [1.807, 2.05) is 60.7 Å². The summed E-state index contributed by atoms with van der Waals surface area (Å²) in [6.45, 7) is 2.29. The van der Waals surface area contributed by atoms with Crippen molar-refractivity contribution in [2.24, 2.45) is 5.92 Å². The van der Waals surface area contributed by atoms with Crippen LogP contribution in [0.2, 0.25) is 0 Å². The van der Waals surface area contributed by atoms with Crippen LogP contribution in [0, 0.1) is 5.92 Å². The summed E-state index contributed by atoms with van der Waals surface area (Å²) in [6, 6.07) is 19.8. The molecule has 0 N–H and O–H groups in total. The van der Waals surface area contributed by atoms with Crippen LogP contribution in [0.15, 0.2) is 73.2 Å². The van der Waals surface area contributed by atoms with Crippen LogP contribution in [0.25, 0.3) is 11.0 Å². The molecule has 0 aliphatic heterocycles. The molecule has 2 aromatic carbocycles. The molecule has 28 heavy (non-hydrogen) atoms. The molecule has 2 aromatic heterocycles. The zero-order valence-corrected chi connectivity index (χ0v) is 15.7. The van der Waals surface area contributed by atoms with Gasteiger partial charge in [-0.05, 0) is 61.2 Å². The molecule has 0 spiro atoms. The molecule has 140 valence electrons. The van der Waals surface area contributed by atoms with E-state index in [9.17, 15) is 0 Å². The molecule has 4 aromatic rings. The Bertz CT molecular complexity index is 1080. The van der Waals surface area contributed by atoms with Crippen molar-refractivity contribution in [2.45, 2.75) is 25.8 Å². The average molecular weight is 371 g/mol. The van der Waals surface area contributed by atoms with Gasteiger partial charge in [0.15, 0.2) is 0 Å². The number of fused-ring (bicyclic) bond motifs is 1. The number of nitrogens with zero attached hydrogens (tertiary/aromatic N) is 3. The second kappa shape index (κ2) is 7.00. The van der Waals surface area contributed by atoms with E-state index in [2.05, 4.69) is 27.7 Å². The lowest BCUT2D eigenvalue weighted by Gasteiger charge is -2.34. The Hall–Kier alpha value is -3.34. The third kappa shape index (κ3) is 3.20. The van der Waals surface area contributed by atoms with Gasteiger partial charge in [-0.1, -0.05) is 25.1 Å². The number of ether oxygens (including phenoxy) is 2. The number of aromatic nitrogens is 3. The molecule has 0 unspecified atom stereocenters. The topological polar surface area (TPSA) is 49.2 Å². The highest BCUT2D eigenvalue weighted by Crippen LogP contribution is 2.41. The predicted octanol–water partition coefficient (Wildman–Crippen LogP) is 5.99. The van der Waals surface area contributed by atoms with Gasteiger partial charge in [0.1, 0.15) is 29.1 Å². The minimum absolute atomic E-state index is 0.502. The molecule has 0 amide bonds. The molecule has 1 aliphatic rings. The molecule has 1 aliphatic carbocycles. The summed E-state index contributed by atoms with van der Waals surface area (Å²) in [5, 5.41) is 0. The van der Waals surface area contributed by atoms with E-state index < -0.39 is 0 Å². The number of rotatable bonds is 5. The van der Waals surface area contributed by atoms with E-state index in [0.717, 1.165) is 34.2 Å². The molecular weight excluding hydrogens is 350 g/mol. The zero-order chi connectivity index (χ0) is 18.9. The van der Waals surface area contributed by atoms with E-state index in [1.54, 1.807) is 6.33 Å². The van der Waals surface area contributed by atoms with Crippen LogP contribution in [0.1, 0.15) is 25.8 Å². The van der Waals surface area contributed by atoms with Crippen molar-refractivity contribution < 1.29 is 9.47 Å². The highest BCUT2D eigenvalue weighted by atomic mass is 16.5. The standard InChI is InChI=1S/C23H21N3O2/c1-16-13-17(14-16)26-12-11-21-22(26)23(25-15-24-21)28-20-9-7-19(8-10-20)27-18-5-3-2-4-6-18/h2-12,15-17H,13-14H2,1H3. The molecule has 0 radical (unpaired) electrons. The van der Waals surface area contributed by atoms with Gasteiger partial charge < -0.3 is 14.0 Å². The first kappa shape index (κ1) is 16.8. The van der Waals surface area contributed by atoms with Gasteiger partial charge in [-0.3, -0.25) is 0 Å². The van der Waals surface area contributed by atoms with Gasteiger partial charge >= 0.3 is 0 Å². The lowest BCUT2D eigenvalue weighted by Crippen LogP contribution is -2.24.